The van der Waals surface area contributed by atoms with E-state index in [9.17, 15) is 9.59 Å². The van der Waals surface area contributed by atoms with Gasteiger partial charge in [0.25, 0.3) is 5.56 Å². The number of rotatable bonds is 4. The molecule has 1 amide bonds. The van der Waals surface area contributed by atoms with E-state index < -0.39 is 0 Å². The van der Waals surface area contributed by atoms with Crippen LogP contribution in [0.25, 0.3) is 15.9 Å². The number of carbonyl (C=O) groups is 1. The standard InChI is InChI=1S/C25H24N4O2S/c1-17-6-5-7-19(16-17)26-23(30)18-10-13-28(14-11-18)25-27-21-12-15-32-22(21)24(31)29(25)20-8-3-2-4-9-20/h2-9,12,15-16,18H,10-11,13-14H2,1H3,(H,26,30). The van der Waals surface area contributed by atoms with Crippen molar-refractivity contribution in [2.45, 2.75) is 19.8 Å². The van der Waals surface area contributed by atoms with Gasteiger partial charge in [-0.15, -0.1) is 11.3 Å². The van der Waals surface area contributed by atoms with Gasteiger partial charge in [0.2, 0.25) is 11.9 Å². The van der Waals surface area contributed by atoms with E-state index in [1.54, 1.807) is 4.57 Å². The van der Waals surface area contributed by atoms with Gasteiger partial charge in [0.05, 0.1) is 11.2 Å². The van der Waals surface area contributed by atoms with Crippen molar-refractivity contribution in [2.75, 3.05) is 23.3 Å². The van der Waals surface area contributed by atoms with E-state index in [0.29, 0.717) is 36.6 Å². The van der Waals surface area contributed by atoms with Gasteiger partial charge in [-0.2, -0.15) is 0 Å². The molecule has 0 atom stereocenters. The Kier molecular flexibility index (Phi) is 5.49. The van der Waals surface area contributed by atoms with Crippen LogP contribution in [-0.2, 0) is 4.79 Å². The Hall–Kier alpha value is -3.45. The molecule has 4 aromatic rings. The van der Waals surface area contributed by atoms with Gasteiger partial charge in [-0.1, -0.05) is 30.3 Å². The number of fused-ring (bicyclic) bond motifs is 1. The summed E-state index contributed by atoms with van der Waals surface area (Å²) in [6.07, 6.45) is 1.42. The Morgan fingerprint density at radius 3 is 2.59 bits per heavy atom. The number of carbonyl (C=O) groups excluding carboxylic acids is 1. The molecule has 162 valence electrons. The first-order valence-corrected chi connectivity index (χ1v) is 11.7. The normalized spacial score (nSPS) is 14.6. The fraction of sp³-hybridized carbons (Fsp3) is 0.240. The number of nitrogens with zero attached hydrogens (tertiary/aromatic N) is 3. The van der Waals surface area contributed by atoms with Crippen molar-refractivity contribution < 1.29 is 4.79 Å². The molecule has 1 aliphatic rings. The highest BCUT2D eigenvalue weighted by atomic mass is 32.1. The molecule has 0 radical (unpaired) electrons. The summed E-state index contributed by atoms with van der Waals surface area (Å²) in [5.41, 5.74) is 3.42. The average molecular weight is 445 g/mol. The number of hydrogen-bond donors (Lipinski definition) is 1. The molecule has 0 bridgehead atoms. The number of thiophene rings is 1. The molecule has 1 N–H and O–H groups in total. The summed E-state index contributed by atoms with van der Waals surface area (Å²) in [4.78, 5) is 33.1. The van der Waals surface area contributed by atoms with E-state index in [1.165, 1.54) is 11.3 Å². The van der Waals surface area contributed by atoms with Crippen LogP contribution in [0.2, 0.25) is 0 Å². The van der Waals surface area contributed by atoms with Crippen LogP contribution in [0.15, 0.2) is 70.8 Å². The minimum Gasteiger partial charge on any atom is -0.342 e. The number of aryl methyl sites for hydroxylation is 1. The fourth-order valence-electron chi connectivity index (χ4n) is 4.23. The Balaban J connectivity index is 1.39. The predicted molar refractivity (Wildman–Crippen MR) is 130 cm³/mol. The predicted octanol–water partition coefficient (Wildman–Crippen LogP) is 4.61. The molecule has 2 aromatic heterocycles. The second kappa shape index (κ2) is 8.59. The summed E-state index contributed by atoms with van der Waals surface area (Å²) < 4.78 is 2.36. The molecular weight excluding hydrogens is 420 g/mol. The molecule has 1 aliphatic heterocycles. The van der Waals surface area contributed by atoms with Crippen molar-refractivity contribution in [3.05, 3.63) is 82.0 Å². The molecule has 0 aliphatic carbocycles. The van der Waals surface area contributed by atoms with Gasteiger partial charge < -0.3 is 10.2 Å². The number of hydrogen-bond acceptors (Lipinski definition) is 5. The number of para-hydroxylation sites is 1. The third-order valence-electron chi connectivity index (χ3n) is 5.91. The first kappa shape index (κ1) is 20.5. The summed E-state index contributed by atoms with van der Waals surface area (Å²) in [5.74, 6) is 0.634. The monoisotopic (exact) mass is 444 g/mol. The number of aromatic nitrogens is 2. The van der Waals surface area contributed by atoms with Gasteiger partial charge in [0.15, 0.2) is 0 Å². The Morgan fingerprint density at radius 1 is 1.06 bits per heavy atom. The lowest BCUT2D eigenvalue weighted by Crippen LogP contribution is -2.41. The topological polar surface area (TPSA) is 67.2 Å². The van der Waals surface area contributed by atoms with Gasteiger partial charge in [-0.05, 0) is 61.0 Å². The molecule has 0 spiro atoms. The number of piperidine rings is 1. The highest BCUT2D eigenvalue weighted by molar-refractivity contribution is 7.17. The van der Waals surface area contributed by atoms with E-state index in [0.717, 1.165) is 22.5 Å². The molecule has 1 saturated heterocycles. The van der Waals surface area contributed by atoms with Gasteiger partial charge in [0.1, 0.15) is 4.70 Å². The minimum atomic E-state index is -0.0615. The van der Waals surface area contributed by atoms with E-state index in [2.05, 4.69) is 10.2 Å². The number of amides is 1. The van der Waals surface area contributed by atoms with E-state index in [1.807, 2.05) is 73.0 Å². The first-order valence-electron chi connectivity index (χ1n) is 10.8. The van der Waals surface area contributed by atoms with Crippen LogP contribution in [0.1, 0.15) is 18.4 Å². The third kappa shape index (κ3) is 3.91. The lowest BCUT2D eigenvalue weighted by molar-refractivity contribution is -0.120. The van der Waals surface area contributed by atoms with Crippen LogP contribution in [0.4, 0.5) is 11.6 Å². The van der Waals surface area contributed by atoms with Crippen molar-refractivity contribution in [2.24, 2.45) is 5.92 Å². The first-order chi connectivity index (χ1) is 15.6. The van der Waals surface area contributed by atoms with E-state index in [-0.39, 0.29) is 17.4 Å². The van der Waals surface area contributed by atoms with Gasteiger partial charge in [-0.25, -0.2) is 9.55 Å². The van der Waals surface area contributed by atoms with E-state index >= 15 is 0 Å². The molecule has 0 unspecified atom stereocenters. The minimum absolute atomic E-state index is 0.0505. The van der Waals surface area contributed by atoms with Gasteiger partial charge in [-0.3, -0.25) is 9.59 Å². The molecule has 2 aromatic carbocycles. The molecule has 0 saturated carbocycles. The summed E-state index contributed by atoms with van der Waals surface area (Å²) >= 11 is 1.42. The van der Waals surface area contributed by atoms with E-state index in [4.69, 9.17) is 4.98 Å². The highest BCUT2D eigenvalue weighted by Gasteiger charge is 2.28. The quantitative estimate of drug-likeness (QED) is 0.499. The maximum atomic E-state index is 13.3. The number of benzene rings is 2. The molecule has 3 heterocycles. The van der Waals surface area contributed by atoms with Crippen molar-refractivity contribution in [1.29, 1.82) is 0 Å². The largest absolute Gasteiger partial charge is 0.342 e. The van der Waals surface area contributed by atoms with Gasteiger partial charge >= 0.3 is 0 Å². The summed E-state index contributed by atoms with van der Waals surface area (Å²) in [6, 6.07) is 19.4. The molecule has 7 heteroatoms. The molecular formula is C25H24N4O2S. The van der Waals surface area contributed by atoms with Crippen LogP contribution in [0, 0.1) is 12.8 Å². The van der Waals surface area contributed by atoms with Gasteiger partial charge in [0, 0.05) is 24.7 Å². The molecule has 1 fully saturated rings. The zero-order valence-corrected chi connectivity index (χ0v) is 18.6. The summed E-state index contributed by atoms with van der Waals surface area (Å²) in [5, 5.41) is 4.95. The maximum absolute atomic E-state index is 13.3. The highest BCUT2D eigenvalue weighted by Crippen LogP contribution is 2.27. The second-order valence-electron chi connectivity index (χ2n) is 8.14. The van der Waals surface area contributed by atoms with Crippen molar-refractivity contribution >= 4 is 39.1 Å². The summed E-state index contributed by atoms with van der Waals surface area (Å²) in [7, 11) is 0. The van der Waals surface area contributed by atoms with Crippen molar-refractivity contribution in [3.63, 3.8) is 0 Å². The SMILES string of the molecule is Cc1cccc(NC(=O)C2CCN(c3nc4ccsc4c(=O)n3-c3ccccc3)CC2)c1. The zero-order chi connectivity index (χ0) is 22.1. The van der Waals surface area contributed by atoms with Crippen LogP contribution >= 0.6 is 11.3 Å². The molecule has 6 nitrogen and oxygen atoms in total. The van der Waals surface area contributed by atoms with Crippen molar-refractivity contribution in [3.8, 4) is 5.69 Å². The van der Waals surface area contributed by atoms with Crippen LogP contribution in [-0.4, -0.2) is 28.5 Å². The van der Waals surface area contributed by atoms with Crippen molar-refractivity contribution in [1.82, 2.24) is 9.55 Å². The smallest absolute Gasteiger partial charge is 0.277 e. The van der Waals surface area contributed by atoms with Crippen LogP contribution < -0.4 is 15.8 Å². The second-order valence-corrected chi connectivity index (χ2v) is 9.06. The van der Waals surface area contributed by atoms with Crippen LogP contribution in [0.3, 0.4) is 0 Å². The van der Waals surface area contributed by atoms with Crippen LogP contribution in [0.5, 0.6) is 0 Å². The average Bonchev–Trinajstić information content (AvgIpc) is 3.29. The fourth-order valence-corrected chi connectivity index (χ4v) is 4.99. The molecule has 5 rings (SSSR count). The zero-order valence-electron chi connectivity index (χ0n) is 17.8. The Morgan fingerprint density at radius 2 is 1.84 bits per heavy atom. The lowest BCUT2D eigenvalue weighted by atomic mass is 9.96. The summed E-state index contributed by atoms with van der Waals surface area (Å²) in [6.45, 7) is 3.35. The Labute approximate surface area is 190 Å². The maximum Gasteiger partial charge on any atom is 0.277 e. The Bertz CT molecular complexity index is 1320. The molecule has 32 heavy (non-hydrogen) atoms. The third-order valence-corrected chi connectivity index (χ3v) is 6.80. The number of anilines is 2. The number of nitrogens with one attached hydrogen (secondary N) is 1. The lowest BCUT2D eigenvalue weighted by Gasteiger charge is -2.33.